The Morgan fingerprint density at radius 3 is 2.71 bits per heavy atom. The third-order valence-corrected chi connectivity index (χ3v) is 3.37. The van der Waals surface area contributed by atoms with Gasteiger partial charge in [-0.15, -0.1) is 0 Å². The maximum Gasteiger partial charge on any atom is 0.0830 e. The third kappa shape index (κ3) is 1.68. The highest BCUT2D eigenvalue weighted by molar-refractivity contribution is 5.77. The van der Waals surface area contributed by atoms with E-state index in [-0.39, 0.29) is 0 Å². The molecule has 3 rings (SSSR count). The molecule has 0 amide bonds. The molecule has 0 atom stereocenters. The minimum absolute atomic E-state index is 0.626. The molecule has 0 nitrogen and oxygen atoms in total. The van der Waals surface area contributed by atoms with E-state index in [0.29, 0.717) is 12.8 Å². The van der Waals surface area contributed by atoms with Crippen LogP contribution in [0.25, 0.3) is 11.1 Å². The molecule has 84 valence electrons. The monoisotopic (exact) mass is 224 g/mol. The summed E-state index contributed by atoms with van der Waals surface area (Å²) < 4.78 is 12.1. The first-order chi connectivity index (χ1) is 8.40. The van der Waals surface area contributed by atoms with E-state index >= 15 is 0 Å². The molecule has 1 heteroatoms. The minimum atomic E-state index is 0.626. The molecule has 1 aliphatic rings. The third-order valence-electron chi connectivity index (χ3n) is 3.37. The van der Waals surface area contributed by atoms with Crippen LogP contribution in [0.2, 0.25) is 0 Å². The van der Waals surface area contributed by atoms with Gasteiger partial charge in [-0.1, -0.05) is 48.5 Å². The highest BCUT2D eigenvalue weighted by Gasteiger charge is 2.19. The molecule has 0 aromatic heterocycles. The smallest absolute Gasteiger partial charge is 0.0830 e. The zero-order valence-corrected chi connectivity index (χ0v) is 9.49. The molecule has 17 heavy (non-hydrogen) atoms. The topological polar surface area (TPSA) is 0 Å². The van der Waals surface area contributed by atoms with Crippen molar-refractivity contribution in [1.29, 1.82) is 0 Å². The fourth-order valence-electron chi connectivity index (χ4n) is 2.59. The van der Waals surface area contributed by atoms with E-state index in [1.165, 1.54) is 27.8 Å². The van der Waals surface area contributed by atoms with Crippen LogP contribution in [0.15, 0.2) is 54.9 Å². The molecule has 0 bridgehead atoms. The summed E-state index contributed by atoms with van der Waals surface area (Å²) in [5.74, 6) is 0. The van der Waals surface area contributed by atoms with Crippen molar-refractivity contribution in [3.05, 3.63) is 71.6 Å². The second-order valence-electron chi connectivity index (χ2n) is 4.34. The normalized spacial score (nSPS) is 12.8. The Morgan fingerprint density at radius 2 is 1.82 bits per heavy atom. The molecule has 0 aliphatic heterocycles. The van der Waals surface area contributed by atoms with Crippen molar-refractivity contribution in [2.24, 2.45) is 0 Å². The van der Waals surface area contributed by atoms with Gasteiger partial charge >= 0.3 is 0 Å². The first-order valence-electron chi connectivity index (χ1n) is 5.84. The number of halogens is 1. The van der Waals surface area contributed by atoms with E-state index in [4.69, 9.17) is 0 Å². The van der Waals surface area contributed by atoms with Crippen molar-refractivity contribution in [3.63, 3.8) is 0 Å². The first-order valence-corrected chi connectivity index (χ1v) is 5.84. The molecule has 0 spiro atoms. The Balaban J connectivity index is 2.10. The van der Waals surface area contributed by atoms with Crippen LogP contribution in [0.1, 0.15) is 16.7 Å². The lowest BCUT2D eigenvalue weighted by Gasteiger charge is -2.05. The fraction of sp³-hybridized carbons (Fsp3) is 0.125. The second-order valence-corrected chi connectivity index (χ2v) is 4.34. The Labute approximate surface area is 100 Å². The number of rotatable bonds is 2. The maximum atomic E-state index is 12.1. The van der Waals surface area contributed by atoms with Crippen LogP contribution in [0.5, 0.6) is 0 Å². The molecule has 0 heterocycles. The van der Waals surface area contributed by atoms with Gasteiger partial charge in [-0.05, 0) is 40.7 Å². The van der Waals surface area contributed by atoms with Gasteiger partial charge in [0.15, 0.2) is 0 Å². The summed E-state index contributed by atoms with van der Waals surface area (Å²) in [6.45, 7) is 0. The molecule has 1 aliphatic carbocycles. The molecule has 2 aromatic rings. The number of allylic oxidation sites excluding steroid dienone is 1. The van der Waals surface area contributed by atoms with Crippen LogP contribution in [-0.4, -0.2) is 0 Å². The predicted molar refractivity (Wildman–Crippen MR) is 68.6 cm³/mol. The summed E-state index contributed by atoms with van der Waals surface area (Å²) in [6, 6.07) is 14.8. The maximum absolute atomic E-state index is 12.1. The van der Waals surface area contributed by atoms with E-state index < -0.39 is 0 Å². The molecule has 0 unspecified atom stereocenters. The van der Waals surface area contributed by atoms with Gasteiger partial charge in [0.25, 0.3) is 0 Å². The summed E-state index contributed by atoms with van der Waals surface area (Å²) in [6.07, 6.45) is 3.84. The second kappa shape index (κ2) is 4.17. The van der Waals surface area contributed by atoms with Crippen molar-refractivity contribution in [3.8, 4) is 11.1 Å². The number of hydrogen-bond acceptors (Lipinski definition) is 0. The summed E-state index contributed by atoms with van der Waals surface area (Å²) in [5.41, 5.74) is 6.59. The quantitative estimate of drug-likeness (QED) is 0.609. The Bertz CT molecular complexity index is 582. The van der Waals surface area contributed by atoms with E-state index in [0.717, 1.165) is 6.42 Å². The van der Waals surface area contributed by atoms with E-state index in [2.05, 4.69) is 42.5 Å². The molecule has 0 radical (unpaired) electrons. The molecule has 0 saturated carbocycles. The Kier molecular flexibility index (Phi) is 2.52. The minimum Gasteiger partial charge on any atom is -0.216 e. The standard InChI is InChI=1S/C16H13F/c17-10-4-7-12-6-3-9-15-14-8-2-1-5-13(14)11-16(12)15/h1-6,8-10H,7,11H2. The highest BCUT2D eigenvalue weighted by Crippen LogP contribution is 2.38. The Hall–Kier alpha value is -1.89. The first kappa shape index (κ1) is 10.3. The van der Waals surface area contributed by atoms with Gasteiger partial charge < -0.3 is 0 Å². The van der Waals surface area contributed by atoms with Crippen LogP contribution in [0, 0.1) is 0 Å². The van der Waals surface area contributed by atoms with Crippen molar-refractivity contribution >= 4 is 0 Å². The zero-order valence-electron chi connectivity index (χ0n) is 9.49. The molecule has 0 N–H and O–H groups in total. The average Bonchev–Trinajstić information content (AvgIpc) is 2.75. The van der Waals surface area contributed by atoms with Gasteiger partial charge in [0.05, 0.1) is 6.33 Å². The number of benzene rings is 2. The van der Waals surface area contributed by atoms with Crippen LogP contribution < -0.4 is 0 Å². The molecule has 0 fully saturated rings. The van der Waals surface area contributed by atoms with E-state index in [1.807, 2.05) is 0 Å². The number of hydrogen-bond donors (Lipinski definition) is 0. The van der Waals surface area contributed by atoms with Crippen molar-refractivity contribution in [1.82, 2.24) is 0 Å². The Morgan fingerprint density at radius 1 is 1.00 bits per heavy atom. The largest absolute Gasteiger partial charge is 0.216 e. The van der Waals surface area contributed by atoms with Crippen molar-refractivity contribution in [2.75, 3.05) is 0 Å². The molecular weight excluding hydrogens is 211 g/mol. The summed E-state index contributed by atoms with van der Waals surface area (Å²) >= 11 is 0. The van der Waals surface area contributed by atoms with Gasteiger partial charge in [-0.2, -0.15) is 0 Å². The average molecular weight is 224 g/mol. The lowest BCUT2D eigenvalue weighted by molar-refractivity contribution is 0.716. The predicted octanol–water partition coefficient (Wildman–Crippen LogP) is 4.28. The molecule has 0 saturated heterocycles. The van der Waals surface area contributed by atoms with Crippen LogP contribution in [-0.2, 0) is 12.8 Å². The van der Waals surface area contributed by atoms with Crippen molar-refractivity contribution in [2.45, 2.75) is 12.8 Å². The lowest BCUT2D eigenvalue weighted by Crippen LogP contribution is -1.90. The van der Waals surface area contributed by atoms with E-state index in [9.17, 15) is 4.39 Å². The highest BCUT2D eigenvalue weighted by atomic mass is 19.1. The summed E-state index contributed by atoms with van der Waals surface area (Å²) in [5, 5.41) is 0. The van der Waals surface area contributed by atoms with Crippen LogP contribution in [0.4, 0.5) is 4.39 Å². The van der Waals surface area contributed by atoms with Gasteiger partial charge in [0, 0.05) is 0 Å². The molecule has 2 aromatic carbocycles. The van der Waals surface area contributed by atoms with Gasteiger partial charge in [-0.25, -0.2) is 4.39 Å². The van der Waals surface area contributed by atoms with Gasteiger partial charge in [0.2, 0.25) is 0 Å². The van der Waals surface area contributed by atoms with Gasteiger partial charge in [0.1, 0.15) is 0 Å². The van der Waals surface area contributed by atoms with Gasteiger partial charge in [-0.3, -0.25) is 0 Å². The fourth-order valence-corrected chi connectivity index (χ4v) is 2.59. The van der Waals surface area contributed by atoms with Crippen LogP contribution >= 0.6 is 0 Å². The SMILES string of the molecule is FC=CCc1cccc2c1Cc1ccccc1-2. The summed E-state index contributed by atoms with van der Waals surface area (Å²) in [7, 11) is 0. The summed E-state index contributed by atoms with van der Waals surface area (Å²) in [4.78, 5) is 0. The van der Waals surface area contributed by atoms with Crippen LogP contribution in [0.3, 0.4) is 0 Å². The zero-order chi connectivity index (χ0) is 11.7. The van der Waals surface area contributed by atoms with Crippen molar-refractivity contribution < 1.29 is 4.39 Å². The van der Waals surface area contributed by atoms with E-state index in [1.54, 1.807) is 6.08 Å². The lowest BCUT2D eigenvalue weighted by atomic mass is 9.99. The molecular formula is C16H13F. The number of fused-ring (bicyclic) bond motifs is 3.